The second kappa shape index (κ2) is 5.73. The molecule has 0 aliphatic heterocycles. The largest absolute Gasteiger partial charge is 0.313 e. The van der Waals surface area contributed by atoms with Gasteiger partial charge in [0, 0.05) is 17.3 Å². The molecule has 2 saturated carbocycles. The highest BCUT2D eigenvalue weighted by Crippen LogP contribution is 2.41. The first-order valence-electron chi connectivity index (χ1n) is 8.53. The molecule has 2 aliphatic rings. The van der Waals surface area contributed by atoms with Crippen molar-refractivity contribution in [3.05, 3.63) is 35.2 Å². The molecule has 112 valence electrons. The third-order valence-corrected chi connectivity index (χ3v) is 6.40. The first-order valence-corrected chi connectivity index (χ1v) is 9.41. The molecule has 2 aromatic rings. The van der Waals surface area contributed by atoms with Gasteiger partial charge in [0.1, 0.15) is 0 Å². The van der Waals surface area contributed by atoms with Crippen LogP contribution in [0, 0.1) is 5.41 Å². The van der Waals surface area contributed by atoms with Crippen LogP contribution in [0.4, 0.5) is 0 Å². The van der Waals surface area contributed by atoms with Crippen LogP contribution >= 0.6 is 11.3 Å². The van der Waals surface area contributed by atoms with Crippen LogP contribution in [0.1, 0.15) is 50.5 Å². The molecule has 0 spiro atoms. The lowest BCUT2D eigenvalue weighted by molar-refractivity contribution is 0.181. The van der Waals surface area contributed by atoms with Gasteiger partial charge < -0.3 is 5.32 Å². The van der Waals surface area contributed by atoms with Crippen LogP contribution in [0.25, 0.3) is 10.1 Å². The molecule has 1 heterocycles. The highest BCUT2D eigenvalue weighted by Gasteiger charge is 2.34. The van der Waals surface area contributed by atoms with Crippen molar-refractivity contribution < 1.29 is 0 Å². The molecule has 2 aliphatic carbocycles. The van der Waals surface area contributed by atoms with Gasteiger partial charge in [-0.15, -0.1) is 11.3 Å². The summed E-state index contributed by atoms with van der Waals surface area (Å²) in [4.78, 5) is 0. The molecule has 0 amide bonds. The molecule has 0 bridgehead atoms. The zero-order chi connectivity index (χ0) is 14.1. The van der Waals surface area contributed by atoms with Gasteiger partial charge in [-0.05, 0) is 59.9 Å². The summed E-state index contributed by atoms with van der Waals surface area (Å²) < 4.78 is 1.45. The van der Waals surface area contributed by atoms with E-state index >= 15 is 0 Å². The zero-order valence-corrected chi connectivity index (χ0v) is 13.6. The second-order valence-electron chi connectivity index (χ2n) is 7.15. The van der Waals surface area contributed by atoms with E-state index in [2.05, 4.69) is 35.0 Å². The van der Waals surface area contributed by atoms with E-state index in [9.17, 15) is 0 Å². The van der Waals surface area contributed by atoms with Crippen LogP contribution in [0.3, 0.4) is 0 Å². The van der Waals surface area contributed by atoms with Gasteiger partial charge >= 0.3 is 0 Å². The zero-order valence-electron chi connectivity index (χ0n) is 12.7. The topological polar surface area (TPSA) is 12.0 Å². The lowest BCUT2D eigenvalue weighted by Gasteiger charge is -2.38. The average molecular weight is 299 g/mol. The molecule has 0 saturated heterocycles. The van der Waals surface area contributed by atoms with E-state index < -0.39 is 0 Å². The summed E-state index contributed by atoms with van der Waals surface area (Å²) in [6, 6.07) is 9.76. The highest BCUT2D eigenvalue weighted by atomic mass is 32.1. The Bertz CT molecular complexity index is 605. The van der Waals surface area contributed by atoms with Crippen molar-refractivity contribution in [3.63, 3.8) is 0 Å². The lowest BCUT2D eigenvalue weighted by Crippen LogP contribution is -2.38. The monoisotopic (exact) mass is 299 g/mol. The Kier molecular flexibility index (Phi) is 3.76. The molecule has 2 fully saturated rings. The van der Waals surface area contributed by atoms with Crippen LogP contribution in [-0.4, -0.2) is 12.6 Å². The van der Waals surface area contributed by atoms with Gasteiger partial charge in [-0.1, -0.05) is 37.5 Å². The molecular formula is C19H25NS. The Morgan fingerprint density at radius 3 is 2.71 bits per heavy atom. The van der Waals surface area contributed by atoms with E-state index in [1.54, 1.807) is 5.56 Å². The molecule has 2 heteroatoms. The van der Waals surface area contributed by atoms with E-state index in [-0.39, 0.29) is 0 Å². The van der Waals surface area contributed by atoms with Crippen molar-refractivity contribution in [2.24, 2.45) is 5.41 Å². The van der Waals surface area contributed by atoms with Crippen molar-refractivity contribution in [3.8, 4) is 0 Å². The SMILES string of the molecule is c1ccc2c(CC3(CNC4CC4)CCCCC3)csc2c1. The number of hydrogen-bond acceptors (Lipinski definition) is 2. The van der Waals surface area contributed by atoms with Crippen LogP contribution in [-0.2, 0) is 6.42 Å². The van der Waals surface area contributed by atoms with Crippen LogP contribution in [0.5, 0.6) is 0 Å². The molecule has 1 N–H and O–H groups in total. The summed E-state index contributed by atoms with van der Waals surface area (Å²) >= 11 is 1.92. The van der Waals surface area contributed by atoms with Gasteiger partial charge in [-0.2, -0.15) is 0 Å². The van der Waals surface area contributed by atoms with Gasteiger partial charge in [-0.3, -0.25) is 0 Å². The van der Waals surface area contributed by atoms with E-state index in [1.165, 1.54) is 68.0 Å². The Morgan fingerprint density at radius 1 is 1.10 bits per heavy atom. The fourth-order valence-corrected chi connectivity index (χ4v) is 4.90. The van der Waals surface area contributed by atoms with Crippen molar-refractivity contribution in [1.82, 2.24) is 5.32 Å². The molecule has 1 nitrogen and oxygen atoms in total. The van der Waals surface area contributed by atoms with E-state index in [1.807, 2.05) is 11.3 Å². The van der Waals surface area contributed by atoms with Gasteiger partial charge in [0.05, 0.1) is 0 Å². The van der Waals surface area contributed by atoms with Crippen LogP contribution in [0.15, 0.2) is 29.6 Å². The van der Waals surface area contributed by atoms with Crippen LogP contribution in [0.2, 0.25) is 0 Å². The summed E-state index contributed by atoms with van der Waals surface area (Å²) in [5, 5.41) is 7.74. The van der Waals surface area contributed by atoms with Crippen molar-refractivity contribution in [2.45, 2.75) is 57.4 Å². The third kappa shape index (κ3) is 3.02. The third-order valence-electron chi connectivity index (χ3n) is 5.38. The number of thiophene rings is 1. The van der Waals surface area contributed by atoms with E-state index in [4.69, 9.17) is 0 Å². The molecular weight excluding hydrogens is 274 g/mol. The summed E-state index contributed by atoms with van der Waals surface area (Å²) in [6.07, 6.45) is 11.2. The molecule has 0 atom stereocenters. The minimum Gasteiger partial charge on any atom is -0.313 e. The number of hydrogen-bond donors (Lipinski definition) is 1. The van der Waals surface area contributed by atoms with Crippen molar-refractivity contribution in [2.75, 3.05) is 6.54 Å². The second-order valence-corrected chi connectivity index (χ2v) is 8.06. The summed E-state index contributed by atoms with van der Waals surface area (Å²) in [5.41, 5.74) is 2.11. The predicted molar refractivity (Wildman–Crippen MR) is 92.1 cm³/mol. The standard InChI is InChI=1S/C19H25NS/c1-4-10-19(11-5-1,14-20-16-8-9-16)12-15-13-21-18-7-3-2-6-17(15)18/h2-3,6-7,13,16,20H,1,4-5,8-12,14H2. The number of benzene rings is 1. The normalized spacial score (nSPS) is 21.7. The van der Waals surface area contributed by atoms with E-state index in [0.29, 0.717) is 5.41 Å². The van der Waals surface area contributed by atoms with Crippen molar-refractivity contribution >= 4 is 21.4 Å². The average Bonchev–Trinajstić information content (AvgIpc) is 3.28. The molecule has 21 heavy (non-hydrogen) atoms. The Morgan fingerprint density at radius 2 is 1.90 bits per heavy atom. The van der Waals surface area contributed by atoms with E-state index in [0.717, 1.165) is 6.04 Å². The van der Waals surface area contributed by atoms with Crippen molar-refractivity contribution in [1.29, 1.82) is 0 Å². The van der Waals surface area contributed by atoms with Gasteiger partial charge in [0.15, 0.2) is 0 Å². The van der Waals surface area contributed by atoms with Gasteiger partial charge in [0.2, 0.25) is 0 Å². The molecule has 0 radical (unpaired) electrons. The molecule has 1 aromatic heterocycles. The lowest BCUT2D eigenvalue weighted by atomic mass is 9.70. The van der Waals surface area contributed by atoms with Crippen LogP contribution < -0.4 is 5.32 Å². The van der Waals surface area contributed by atoms with Gasteiger partial charge in [-0.25, -0.2) is 0 Å². The number of rotatable bonds is 5. The Labute approximate surface area is 131 Å². The number of nitrogens with one attached hydrogen (secondary N) is 1. The quantitative estimate of drug-likeness (QED) is 0.805. The summed E-state index contributed by atoms with van der Waals surface area (Å²) in [6.45, 7) is 1.24. The minimum atomic E-state index is 0.519. The fourth-order valence-electron chi connectivity index (χ4n) is 3.94. The maximum atomic E-state index is 3.83. The fraction of sp³-hybridized carbons (Fsp3) is 0.579. The molecule has 0 unspecified atom stereocenters. The smallest absolute Gasteiger partial charge is 0.0345 e. The molecule has 4 rings (SSSR count). The first-order chi connectivity index (χ1) is 10.3. The molecule has 1 aromatic carbocycles. The summed E-state index contributed by atoms with van der Waals surface area (Å²) in [7, 11) is 0. The predicted octanol–water partition coefficient (Wildman–Crippen LogP) is 5.15. The van der Waals surface area contributed by atoms with Gasteiger partial charge in [0.25, 0.3) is 0 Å². The maximum Gasteiger partial charge on any atom is 0.0345 e. The Hall–Kier alpha value is -0.860. The number of fused-ring (bicyclic) bond motifs is 1. The minimum absolute atomic E-state index is 0.519. The summed E-state index contributed by atoms with van der Waals surface area (Å²) in [5.74, 6) is 0. The maximum absolute atomic E-state index is 3.83. The Balaban J connectivity index is 1.57. The highest BCUT2D eigenvalue weighted by molar-refractivity contribution is 7.17. The first kappa shape index (κ1) is 13.8.